The lowest BCUT2D eigenvalue weighted by Gasteiger charge is -2.13. The van der Waals surface area contributed by atoms with E-state index in [9.17, 15) is 0 Å². The van der Waals surface area contributed by atoms with Crippen LogP contribution >= 0.6 is 11.8 Å². The number of thioether (sulfide) groups is 1. The van der Waals surface area contributed by atoms with Gasteiger partial charge in [-0.15, -0.1) is 11.8 Å². The third-order valence-electron chi connectivity index (χ3n) is 1.98. The van der Waals surface area contributed by atoms with Crippen LogP contribution in [0.3, 0.4) is 0 Å². The van der Waals surface area contributed by atoms with Gasteiger partial charge in [0.25, 0.3) is 0 Å². The van der Waals surface area contributed by atoms with E-state index in [0.717, 1.165) is 5.25 Å². The van der Waals surface area contributed by atoms with Gasteiger partial charge in [-0.25, -0.2) is 0 Å². The maximum Gasteiger partial charge on any atom is 0.0738 e. The summed E-state index contributed by atoms with van der Waals surface area (Å²) in [6.07, 6.45) is 6.30. The Bertz CT molecular complexity index is 144. The highest BCUT2D eigenvalue weighted by molar-refractivity contribution is 8.01. The Kier molecular flexibility index (Phi) is 1.31. The molecular formula is C7H10OS. The predicted octanol–water partition coefficient (Wildman–Crippen LogP) is 1.45. The first-order valence-electron chi connectivity index (χ1n) is 3.27. The van der Waals surface area contributed by atoms with Crippen molar-refractivity contribution < 1.29 is 4.74 Å². The number of rotatable bonds is 1. The molecule has 0 spiro atoms. The van der Waals surface area contributed by atoms with Crippen LogP contribution in [0.25, 0.3) is 0 Å². The molecule has 2 aliphatic rings. The van der Waals surface area contributed by atoms with Crippen LogP contribution in [0.1, 0.15) is 6.42 Å². The van der Waals surface area contributed by atoms with Gasteiger partial charge in [0.15, 0.2) is 0 Å². The third kappa shape index (κ3) is 0.812. The van der Waals surface area contributed by atoms with Gasteiger partial charge in [-0.05, 0) is 6.42 Å². The SMILES string of the molecule is COC1CC2C=CC1S2. The Labute approximate surface area is 59.5 Å². The van der Waals surface area contributed by atoms with E-state index in [1.807, 2.05) is 11.8 Å². The number of ether oxygens (including phenoxy) is 1. The largest absolute Gasteiger partial charge is 0.380 e. The van der Waals surface area contributed by atoms with Crippen LogP contribution in [-0.2, 0) is 4.74 Å². The molecule has 3 unspecified atom stereocenters. The van der Waals surface area contributed by atoms with Crippen molar-refractivity contribution in [3.8, 4) is 0 Å². The molecule has 0 saturated carbocycles. The molecule has 3 atom stereocenters. The summed E-state index contributed by atoms with van der Waals surface area (Å²) < 4.78 is 5.27. The molecule has 9 heavy (non-hydrogen) atoms. The van der Waals surface area contributed by atoms with Gasteiger partial charge in [0, 0.05) is 17.6 Å². The van der Waals surface area contributed by atoms with Gasteiger partial charge < -0.3 is 4.74 Å². The zero-order valence-corrected chi connectivity index (χ0v) is 6.23. The van der Waals surface area contributed by atoms with E-state index in [1.54, 1.807) is 7.11 Å². The van der Waals surface area contributed by atoms with Crippen LogP contribution in [0.15, 0.2) is 12.2 Å². The second-order valence-corrected chi connectivity index (χ2v) is 3.96. The molecule has 0 aromatic heterocycles. The first-order valence-corrected chi connectivity index (χ1v) is 4.21. The topological polar surface area (TPSA) is 9.23 Å². The van der Waals surface area contributed by atoms with E-state index in [0.29, 0.717) is 11.4 Å². The van der Waals surface area contributed by atoms with E-state index < -0.39 is 0 Å². The quantitative estimate of drug-likeness (QED) is 0.512. The highest BCUT2D eigenvalue weighted by Crippen LogP contribution is 2.41. The normalized spacial score (nSPS) is 46.6. The van der Waals surface area contributed by atoms with Crippen molar-refractivity contribution in [3.05, 3.63) is 12.2 Å². The lowest BCUT2D eigenvalue weighted by Crippen LogP contribution is -2.19. The Morgan fingerprint density at radius 3 is 2.78 bits per heavy atom. The highest BCUT2D eigenvalue weighted by Gasteiger charge is 2.36. The average Bonchev–Trinajstić information content (AvgIpc) is 2.45. The number of fused-ring (bicyclic) bond motifs is 2. The summed E-state index contributed by atoms with van der Waals surface area (Å²) in [5.74, 6) is 0. The van der Waals surface area contributed by atoms with E-state index in [4.69, 9.17) is 4.74 Å². The Hall–Kier alpha value is 0.0500. The van der Waals surface area contributed by atoms with Crippen LogP contribution < -0.4 is 0 Å². The van der Waals surface area contributed by atoms with Crippen LogP contribution in [0.2, 0.25) is 0 Å². The molecule has 0 radical (unpaired) electrons. The van der Waals surface area contributed by atoms with E-state index in [-0.39, 0.29) is 0 Å². The van der Waals surface area contributed by atoms with Crippen molar-refractivity contribution >= 4 is 11.8 Å². The Morgan fingerprint density at radius 2 is 2.44 bits per heavy atom. The summed E-state index contributed by atoms with van der Waals surface area (Å²) in [5.41, 5.74) is 0. The lowest BCUT2D eigenvalue weighted by molar-refractivity contribution is 0.107. The summed E-state index contributed by atoms with van der Waals surface area (Å²) in [4.78, 5) is 0. The molecule has 0 aliphatic carbocycles. The van der Waals surface area contributed by atoms with Crippen molar-refractivity contribution in [3.63, 3.8) is 0 Å². The van der Waals surface area contributed by atoms with E-state index in [2.05, 4.69) is 12.2 Å². The Balaban J connectivity index is 2.10. The fourth-order valence-electron chi connectivity index (χ4n) is 1.47. The first kappa shape index (κ1) is 5.81. The minimum Gasteiger partial charge on any atom is -0.380 e. The summed E-state index contributed by atoms with van der Waals surface area (Å²) in [5, 5.41) is 1.43. The first-order chi connectivity index (χ1) is 4.40. The molecule has 2 aliphatic heterocycles. The van der Waals surface area contributed by atoms with Crippen molar-refractivity contribution in [2.45, 2.75) is 23.0 Å². The molecular weight excluding hydrogens is 132 g/mol. The molecule has 0 aromatic carbocycles. The second kappa shape index (κ2) is 2.03. The van der Waals surface area contributed by atoms with Gasteiger partial charge in [0.05, 0.1) is 6.10 Å². The fraction of sp³-hybridized carbons (Fsp3) is 0.714. The molecule has 50 valence electrons. The molecule has 2 heteroatoms. The van der Waals surface area contributed by atoms with Crippen LogP contribution in [0.4, 0.5) is 0 Å². The maximum absolute atomic E-state index is 5.27. The molecule has 0 amide bonds. The minimum atomic E-state index is 0.505. The third-order valence-corrected chi connectivity index (χ3v) is 3.46. The number of hydrogen-bond acceptors (Lipinski definition) is 2. The zero-order chi connectivity index (χ0) is 6.27. The van der Waals surface area contributed by atoms with Crippen molar-refractivity contribution in [2.24, 2.45) is 0 Å². The minimum absolute atomic E-state index is 0.505. The maximum atomic E-state index is 5.27. The smallest absolute Gasteiger partial charge is 0.0738 e. The molecule has 2 rings (SSSR count). The van der Waals surface area contributed by atoms with Gasteiger partial charge in [-0.2, -0.15) is 0 Å². The van der Waals surface area contributed by atoms with Gasteiger partial charge in [-0.3, -0.25) is 0 Å². The monoisotopic (exact) mass is 142 g/mol. The standard InChI is InChI=1S/C7H10OS/c1-8-6-4-5-2-3-7(6)9-5/h2-3,5-7H,4H2,1H3. The molecule has 0 N–H and O–H groups in total. The van der Waals surface area contributed by atoms with Crippen LogP contribution in [0.5, 0.6) is 0 Å². The summed E-state index contributed by atoms with van der Waals surface area (Å²) in [7, 11) is 1.81. The molecule has 1 nitrogen and oxygen atoms in total. The van der Waals surface area contributed by atoms with Gasteiger partial charge >= 0.3 is 0 Å². The average molecular weight is 142 g/mol. The molecule has 1 fully saturated rings. The van der Waals surface area contributed by atoms with E-state index in [1.165, 1.54) is 6.42 Å². The van der Waals surface area contributed by atoms with Crippen molar-refractivity contribution in [2.75, 3.05) is 7.11 Å². The van der Waals surface area contributed by atoms with Crippen molar-refractivity contribution in [1.82, 2.24) is 0 Å². The Morgan fingerprint density at radius 1 is 1.56 bits per heavy atom. The van der Waals surface area contributed by atoms with Gasteiger partial charge in [0.2, 0.25) is 0 Å². The number of hydrogen-bond donors (Lipinski definition) is 0. The predicted molar refractivity (Wildman–Crippen MR) is 39.7 cm³/mol. The van der Waals surface area contributed by atoms with Crippen LogP contribution in [-0.4, -0.2) is 23.7 Å². The second-order valence-electron chi connectivity index (χ2n) is 2.53. The zero-order valence-electron chi connectivity index (χ0n) is 5.41. The van der Waals surface area contributed by atoms with Crippen molar-refractivity contribution in [1.29, 1.82) is 0 Å². The molecule has 2 heterocycles. The number of methoxy groups -OCH3 is 1. The van der Waals surface area contributed by atoms with Gasteiger partial charge in [0.1, 0.15) is 0 Å². The van der Waals surface area contributed by atoms with E-state index >= 15 is 0 Å². The lowest BCUT2D eigenvalue weighted by atomic mass is 10.1. The molecule has 2 bridgehead atoms. The summed E-state index contributed by atoms with van der Waals surface area (Å²) >= 11 is 2.03. The van der Waals surface area contributed by atoms with Crippen LogP contribution in [0, 0.1) is 0 Å². The molecule has 0 aromatic rings. The highest BCUT2D eigenvalue weighted by atomic mass is 32.2. The fourth-order valence-corrected chi connectivity index (χ4v) is 2.93. The summed E-state index contributed by atoms with van der Waals surface area (Å²) in [6, 6.07) is 0. The summed E-state index contributed by atoms with van der Waals surface area (Å²) in [6.45, 7) is 0. The molecule has 1 saturated heterocycles. The van der Waals surface area contributed by atoms with Gasteiger partial charge in [-0.1, -0.05) is 12.2 Å².